The van der Waals surface area contributed by atoms with Gasteiger partial charge in [-0.25, -0.2) is 0 Å². The first-order valence-corrected chi connectivity index (χ1v) is 3.10. The molecule has 0 amide bonds. The molecule has 1 saturated heterocycles. The first kappa shape index (κ1) is 5.17. The molecular weight excluding hydrogens is 84.9 g/mol. The van der Waals surface area contributed by atoms with Crippen LogP contribution in [0.3, 0.4) is 0 Å². The summed E-state index contributed by atoms with van der Waals surface area (Å²) < 4.78 is 0. The van der Waals surface area contributed by atoms with Gasteiger partial charge in [-0.15, -0.1) is 0 Å². The van der Waals surface area contributed by atoms with E-state index >= 15 is 0 Å². The van der Waals surface area contributed by atoms with Crippen LogP contribution < -0.4 is 5.32 Å². The highest BCUT2D eigenvalue weighted by molar-refractivity contribution is 6.11. The SMILES string of the molecule is BC1CCNCC1. The summed E-state index contributed by atoms with van der Waals surface area (Å²) >= 11 is 0. The van der Waals surface area contributed by atoms with Gasteiger partial charge in [-0.3, -0.25) is 0 Å². The highest BCUT2D eigenvalue weighted by Crippen LogP contribution is 2.11. The van der Waals surface area contributed by atoms with Crippen molar-refractivity contribution in [1.29, 1.82) is 0 Å². The Morgan fingerprint density at radius 2 is 1.86 bits per heavy atom. The van der Waals surface area contributed by atoms with Crippen LogP contribution in [0.4, 0.5) is 0 Å². The predicted molar refractivity (Wildman–Crippen MR) is 34.4 cm³/mol. The molecule has 0 aromatic carbocycles. The van der Waals surface area contributed by atoms with E-state index < -0.39 is 0 Å². The standard InChI is InChI=1S/C5H12BN/c6-5-1-3-7-4-2-5/h5,7H,1-4,6H2. The first-order valence-electron chi connectivity index (χ1n) is 3.10. The molecule has 40 valence electrons. The van der Waals surface area contributed by atoms with E-state index in [1.807, 2.05) is 0 Å². The normalized spacial score (nSPS) is 25.1. The Morgan fingerprint density at radius 3 is 2.14 bits per heavy atom. The van der Waals surface area contributed by atoms with Gasteiger partial charge in [-0.2, -0.15) is 0 Å². The lowest BCUT2D eigenvalue weighted by atomic mass is 9.80. The average Bonchev–Trinajstić information content (AvgIpc) is 1.69. The van der Waals surface area contributed by atoms with Crippen LogP contribution >= 0.6 is 0 Å². The minimum absolute atomic E-state index is 0.973. The van der Waals surface area contributed by atoms with Crippen molar-refractivity contribution in [2.45, 2.75) is 18.7 Å². The maximum atomic E-state index is 3.32. The Balaban J connectivity index is 2.12. The summed E-state index contributed by atoms with van der Waals surface area (Å²) in [6.07, 6.45) is 2.75. The average molecular weight is 97.0 g/mol. The Hall–Kier alpha value is 0.0249. The Kier molecular flexibility index (Phi) is 1.74. The quantitative estimate of drug-likeness (QED) is 0.412. The summed E-state index contributed by atoms with van der Waals surface area (Å²) in [5, 5.41) is 3.32. The lowest BCUT2D eigenvalue weighted by molar-refractivity contribution is 0.520. The molecule has 1 rings (SSSR count). The van der Waals surface area contributed by atoms with E-state index in [0.717, 1.165) is 5.82 Å². The van der Waals surface area contributed by atoms with Crippen molar-refractivity contribution in [3.8, 4) is 0 Å². The molecule has 1 aliphatic heterocycles. The Labute approximate surface area is 45.9 Å². The topological polar surface area (TPSA) is 12.0 Å². The lowest BCUT2D eigenvalue weighted by Crippen LogP contribution is -2.24. The fourth-order valence-electron chi connectivity index (χ4n) is 0.966. The van der Waals surface area contributed by atoms with Gasteiger partial charge in [-0.1, -0.05) is 5.82 Å². The van der Waals surface area contributed by atoms with Gasteiger partial charge in [0.05, 0.1) is 0 Å². The third-order valence-electron chi connectivity index (χ3n) is 1.63. The molecule has 0 saturated carbocycles. The molecule has 0 atom stereocenters. The van der Waals surface area contributed by atoms with Gasteiger partial charge in [0.1, 0.15) is 7.85 Å². The molecule has 1 N–H and O–H groups in total. The summed E-state index contributed by atoms with van der Waals surface area (Å²) in [7, 11) is 2.32. The van der Waals surface area contributed by atoms with Crippen molar-refractivity contribution in [2.75, 3.05) is 13.1 Å². The van der Waals surface area contributed by atoms with Crippen LogP contribution in [-0.4, -0.2) is 20.9 Å². The maximum absolute atomic E-state index is 3.32. The molecule has 1 heterocycles. The molecule has 0 radical (unpaired) electrons. The van der Waals surface area contributed by atoms with Crippen molar-refractivity contribution < 1.29 is 0 Å². The van der Waals surface area contributed by atoms with Crippen LogP contribution in [0.2, 0.25) is 5.82 Å². The molecule has 1 fully saturated rings. The maximum Gasteiger partial charge on any atom is 0.105 e. The highest BCUT2D eigenvalue weighted by Gasteiger charge is 2.05. The molecule has 2 heteroatoms. The van der Waals surface area contributed by atoms with Crippen LogP contribution in [0.15, 0.2) is 0 Å². The van der Waals surface area contributed by atoms with Gasteiger partial charge in [-0.05, 0) is 25.9 Å². The number of piperidine rings is 1. The molecule has 7 heavy (non-hydrogen) atoms. The van der Waals surface area contributed by atoms with Crippen LogP contribution in [0.5, 0.6) is 0 Å². The summed E-state index contributed by atoms with van der Waals surface area (Å²) in [6.45, 7) is 2.47. The zero-order valence-electron chi connectivity index (χ0n) is 4.91. The van der Waals surface area contributed by atoms with E-state index in [0.29, 0.717) is 0 Å². The second-order valence-corrected chi connectivity index (χ2v) is 2.43. The van der Waals surface area contributed by atoms with E-state index in [2.05, 4.69) is 13.2 Å². The summed E-state index contributed by atoms with van der Waals surface area (Å²) in [5.41, 5.74) is 0. The molecule has 1 aliphatic rings. The van der Waals surface area contributed by atoms with E-state index in [-0.39, 0.29) is 0 Å². The summed E-state index contributed by atoms with van der Waals surface area (Å²) in [4.78, 5) is 0. The van der Waals surface area contributed by atoms with Gasteiger partial charge in [0.15, 0.2) is 0 Å². The zero-order valence-corrected chi connectivity index (χ0v) is 4.91. The Morgan fingerprint density at radius 1 is 1.29 bits per heavy atom. The first-order chi connectivity index (χ1) is 3.39. The monoisotopic (exact) mass is 97.1 g/mol. The van der Waals surface area contributed by atoms with Gasteiger partial charge >= 0.3 is 0 Å². The molecule has 0 aromatic rings. The van der Waals surface area contributed by atoms with Crippen LogP contribution in [-0.2, 0) is 0 Å². The number of hydrogen-bond acceptors (Lipinski definition) is 1. The van der Waals surface area contributed by atoms with Crippen molar-refractivity contribution in [3.63, 3.8) is 0 Å². The molecule has 0 spiro atoms. The van der Waals surface area contributed by atoms with Gasteiger partial charge in [0.25, 0.3) is 0 Å². The van der Waals surface area contributed by atoms with E-state index in [4.69, 9.17) is 0 Å². The van der Waals surface area contributed by atoms with Gasteiger partial charge < -0.3 is 5.32 Å². The summed E-state index contributed by atoms with van der Waals surface area (Å²) in [6, 6.07) is 0. The highest BCUT2D eigenvalue weighted by atomic mass is 14.9. The van der Waals surface area contributed by atoms with E-state index in [1.165, 1.54) is 25.9 Å². The number of rotatable bonds is 0. The van der Waals surface area contributed by atoms with Crippen molar-refractivity contribution in [2.24, 2.45) is 0 Å². The van der Waals surface area contributed by atoms with E-state index in [9.17, 15) is 0 Å². The minimum atomic E-state index is 0.973. The Bertz CT molecular complexity index is 50.0. The molecule has 0 unspecified atom stereocenters. The van der Waals surface area contributed by atoms with Crippen LogP contribution in [0.25, 0.3) is 0 Å². The van der Waals surface area contributed by atoms with Gasteiger partial charge in [0, 0.05) is 0 Å². The largest absolute Gasteiger partial charge is 0.317 e. The zero-order chi connectivity index (χ0) is 5.11. The minimum Gasteiger partial charge on any atom is -0.317 e. The summed E-state index contributed by atoms with van der Waals surface area (Å²) in [5.74, 6) is 0.973. The number of hydrogen-bond donors (Lipinski definition) is 1. The smallest absolute Gasteiger partial charge is 0.105 e. The molecule has 0 aliphatic carbocycles. The second kappa shape index (κ2) is 2.36. The predicted octanol–water partition coefficient (Wildman–Crippen LogP) is -0.209. The fourth-order valence-corrected chi connectivity index (χ4v) is 0.966. The third kappa shape index (κ3) is 1.52. The fraction of sp³-hybridized carbons (Fsp3) is 1.00. The lowest BCUT2D eigenvalue weighted by Gasteiger charge is -2.17. The molecular formula is C5H12BN. The van der Waals surface area contributed by atoms with Crippen molar-refractivity contribution in [1.82, 2.24) is 5.32 Å². The molecule has 0 aromatic heterocycles. The van der Waals surface area contributed by atoms with Crippen molar-refractivity contribution >= 4 is 7.85 Å². The molecule has 1 nitrogen and oxygen atoms in total. The van der Waals surface area contributed by atoms with Crippen molar-refractivity contribution in [3.05, 3.63) is 0 Å². The number of nitrogens with one attached hydrogen (secondary N) is 1. The van der Waals surface area contributed by atoms with E-state index in [1.54, 1.807) is 0 Å². The van der Waals surface area contributed by atoms with Crippen LogP contribution in [0, 0.1) is 0 Å². The van der Waals surface area contributed by atoms with Crippen LogP contribution in [0.1, 0.15) is 12.8 Å². The molecule has 0 bridgehead atoms. The van der Waals surface area contributed by atoms with Gasteiger partial charge in [0.2, 0.25) is 0 Å². The second-order valence-electron chi connectivity index (χ2n) is 2.43. The third-order valence-corrected chi connectivity index (χ3v) is 1.63.